The summed E-state index contributed by atoms with van der Waals surface area (Å²) in [5, 5.41) is 2.84. The lowest BCUT2D eigenvalue weighted by molar-refractivity contribution is -0.120. The molecule has 0 heterocycles. The molecular formula is C32H27BrCl3NO2. The Kier molecular flexibility index (Phi) is 10.3. The molecule has 4 aromatic carbocycles. The van der Waals surface area contributed by atoms with Gasteiger partial charge >= 0.3 is 0 Å². The Labute approximate surface area is 252 Å². The Bertz CT molecular complexity index is 1280. The number of carbonyl (C=O) groups excluding carboxylic acids is 1. The van der Waals surface area contributed by atoms with Gasteiger partial charge in [0, 0.05) is 10.5 Å². The molecule has 0 saturated carbocycles. The molecule has 4 rings (SSSR count). The van der Waals surface area contributed by atoms with E-state index in [2.05, 4.69) is 57.6 Å². The molecule has 39 heavy (non-hydrogen) atoms. The number of hydrogen-bond acceptors (Lipinski definition) is 2. The first kappa shape index (κ1) is 29.4. The number of rotatable bonds is 10. The van der Waals surface area contributed by atoms with Crippen molar-refractivity contribution in [3.8, 4) is 0 Å². The number of amides is 1. The highest BCUT2D eigenvalue weighted by atomic mass is 79.9. The molecular weight excluding hydrogens is 617 g/mol. The first-order valence-electron chi connectivity index (χ1n) is 12.4. The molecule has 1 amide bonds. The zero-order chi connectivity index (χ0) is 27.7. The summed E-state index contributed by atoms with van der Waals surface area (Å²) >= 11 is 21.2. The van der Waals surface area contributed by atoms with Crippen molar-refractivity contribution in [3.05, 3.63) is 148 Å². The second kappa shape index (κ2) is 13.6. The number of alkyl halides is 3. The molecule has 0 aromatic heterocycles. The zero-order valence-corrected chi connectivity index (χ0v) is 24.8. The average Bonchev–Trinajstić information content (AvgIpc) is 2.95. The van der Waals surface area contributed by atoms with E-state index in [4.69, 9.17) is 39.5 Å². The SMILES string of the molecule is O=C(N[C@H](/C=C/c1ccccc1Br)CCOC(c1ccccc1)(c1ccccc1)c1ccccc1)C(Cl)(Cl)Cl. The first-order chi connectivity index (χ1) is 18.8. The molecule has 0 saturated heterocycles. The maximum atomic E-state index is 12.6. The molecule has 4 aromatic rings. The van der Waals surface area contributed by atoms with Gasteiger partial charge in [0.05, 0.1) is 6.61 Å². The van der Waals surface area contributed by atoms with E-state index in [0.29, 0.717) is 13.0 Å². The van der Waals surface area contributed by atoms with Crippen LogP contribution in [-0.4, -0.2) is 22.3 Å². The molecule has 0 radical (unpaired) electrons. The number of carbonyl (C=O) groups is 1. The van der Waals surface area contributed by atoms with Crippen LogP contribution in [0.25, 0.3) is 6.08 Å². The van der Waals surface area contributed by atoms with Gasteiger partial charge < -0.3 is 10.1 Å². The molecule has 3 nitrogen and oxygen atoms in total. The molecule has 0 bridgehead atoms. The Morgan fingerprint density at radius 3 is 1.69 bits per heavy atom. The van der Waals surface area contributed by atoms with Gasteiger partial charge in [-0.1, -0.05) is 172 Å². The fraction of sp³-hybridized carbons (Fsp3) is 0.156. The van der Waals surface area contributed by atoms with Gasteiger partial charge in [-0.2, -0.15) is 0 Å². The fourth-order valence-corrected chi connectivity index (χ4v) is 4.98. The Morgan fingerprint density at radius 1 is 0.769 bits per heavy atom. The van der Waals surface area contributed by atoms with Crippen LogP contribution in [0.2, 0.25) is 0 Å². The molecule has 1 atom stereocenters. The number of benzene rings is 4. The van der Waals surface area contributed by atoms with E-state index >= 15 is 0 Å². The highest BCUT2D eigenvalue weighted by molar-refractivity contribution is 9.10. The van der Waals surface area contributed by atoms with E-state index in [1.54, 1.807) is 0 Å². The molecule has 200 valence electrons. The van der Waals surface area contributed by atoms with Crippen molar-refractivity contribution in [2.45, 2.75) is 21.9 Å². The van der Waals surface area contributed by atoms with Crippen molar-refractivity contribution in [1.82, 2.24) is 5.32 Å². The second-order valence-electron chi connectivity index (χ2n) is 8.87. The van der Waals surface area contributed by atoms with E-state index in [-0.39, 0.29) is 0 Å². The summed E-state index contributed by atoms with van der Waals surface area (Å²) in [5.41, 5.74) is 3.06. The van der Waals surface area contributed by atoms with Gasteiger partial charge in [-0.25, -0.2) is 0 Å². The number of hydrogen-bond donors (Lipinski definition) is 1. The van der Waals surface area contributed by atoms with Gasteiger partial charge in [0.15, 0.2) is 0 Å². The van der Waals surface area contributed by atoms with Crippen LogP contribution in [0.15, 0.2) is 126 Å². The molecule has 7 heteroatoms. The minimum atomic E-state index is -2.08. The lowest BCUT2D eigenvalue weighted by Gasteiger charge is -2.36. The van der Waals surface area contributed by atoms with Gasteiger partial charge in [0.2, 0.25) is 0 Å². The van der Waals surface area contributed by atoms with E-state index in [9.17, 15) is 4.79 Å². The Hall–Kier alpha value is -2.60. The van der Waals surface area contributed by atoms with Crippen LogP contribution in [0, 0.1) is 0 Å². The standard InChI is InChI=1S/C32H27BrCl3NO2/c33-29-19-11-10-12-24(29)20-21-28(37-30(38)32(34,35)36)22-23-39-31(25-13-4-1-5-14-25,26-15-6-2-7-16-26)27-17-8-3-9-18-27/h1-21,28H,22-23H2,(H,37,38)/b21-20+/t28-/m1/s1. The van der Waals surface area contributed by atoms with E-state index in [1.807, 2.05) is 91.0 Å². The van der Waals surface area contributed by atoms with Crippen LogP contribution >= 0.6 is 50.7 Å². The predicted molar refractivity (Wildman–Crippen MR) is 165 cm³/mol. The summed E-state index contributed by atoms with van der Waals surface area (Å²) in [5.74, 6) is -0.699. The molecule has 0 aliphatic heterocycles. The summed E-state index contributed by atoms with van der Waals surface area (Å²) in [4.78, 5) is 12.6. The van der Waals surface area contributed by atoms with Gasteiger partial charge in [0.1, 0.15) is 5.60 Å². The van der Waals surface area contributed by atoms with Gasteiger partial charge in [0.25, 0.3) is 9.70 Å². The van der Waals surface area contributed by atoms with Crippen LogP contribution in [0.5, 0.6) is 0 Å². The van der Waals surface area contributed by atoms with Crippen LogP contribution in [-0.2, 0) is 15.1 Å². The summed E-state index contributed by atoms with van der Waals surface area (Å²) in [6, 6.07) is 37.7. The summed E-state index contributed by atoms with van der Waals surface area (Å²) < 4.78 is 5.72. The normalized spacial score (nSPS) is 12.8. The minimum Gasteiger partial charge on any atom is -0.361 e. The van der Waals surface area contributed by atoms with Gasteiger partial charge in [-0.3, -0.25) is 4.79 Å². The van der Waals surface area contributed by atoms with Crippen molar-refractivity contribution < 1.29 is 9.53 Å². The lowest BCUT2D eigenvalue weighted by atomic mass is 9.80. The van der Waals surface area contributed by atoms with Crippen LogP contribution in [0.3, 0.4) is 0 Å². The van der Waals surface area contributed by atoms with Crippen molar-refractivity contribution in [3.63, 3.8) is 0 Å². The number of halogens is 4. The molecule has 0 unspecified atom stereocenters. The van der Waals surface area contributed by atoms with Crippen LogP contribution in [0.1, 0.15) is 28.7 Å². The van der Waals surface area contributed by atoms with Crippen molar-refractivity contribution >= 4 is 62.7 Å². The van der Waals surface area contributed by atoms with Crippen LogP contribution in [0.4, 0.5) is 0 Å². The minimum absolute atomic E-state index is 0.295. The predicted octanol–water partition coefficient (Wildman–Crippen LogP) is 8.72. The Morgan fingerprint density at radius 2 is 1.23 bits per heavy atom. The van der Waals surface area contributed by atoms with Crippen molar-refractivity contribution in [2.24, 2.45) is 0 Å². The Balaban J connectivity index is 1.67. The van der Waals surface area contributed by atoms with E-state index < -0.39 is 21.3 Å². The monoisotopic (exact) mass is 641 g/mol. The topological polar surface area (TPSA) is 38.3 Å². The smallest absolute Gasteiger partial charge is 0.272 e. The summed E-state index contributed by atoms with van der Waals surface area (Å²) in [6.45, 7) is 0.295. The highest BCUT2D eigenvalue weighted by Gasteiger charge is 2.38. The highest BCUT2D eigenvalue weighted by Crippen LogP contribution is 2.40. The summed E-state index contributed by atoms with van der Waals surface area (Å²) in [7, 11) is 0. The maximum absolute atomic E-state index is 12.6. The second-order valence-corrected chi connectivity index (χ2v) is 12.0. The average molecular weight is 644 g/mol. The van der Waals surface area contributed by atoms with E-state index in [0.717, 1.165) is 26.7 Å². The molecule has 0 aliphatic carbocycles. The number of ether oxygens (including phenoxy) is 1. The largest absolute Gasteiger partial charge is 0.361 e. The number of nitrogens with one attached hydrogen (secondary N) is 1. The lowest BCUT2D eigenvalue weighted by Crippen LogP contribution is -2.42. The van der Waals surface area contributed by atoms with Gasteiger partial charge in [-0.05, 0) is 34.7 Å². The molecule has 1 N–H and O–H groups in total. The first-order valence-corrected chi connectivity index (χ1v) is 14.3. The third-order valence-electron chi connectivity index (χ3n) is 6.28. The fourth-order valence-electron chi connectivity index (χ4n) is 4.40. The van der Waals surface area contributed by atoms with Crippen LogP contribution < -0.4 is 5.32 Å². The molecule has 0 spiro atoms. The molecule has 0 fully saturated rings. The van der Waals surface area contributed by atoms with Crippen molar-refractivity contribution in [2.75, 3.05) is 6.61 Å². The third-order valence-corrected chi connectivity index (χ3v) is 7.51. The van der Waals surface area contributed by atoms with E-state index in [1.165, 1.54) is 0 Å². The quantitative estimate of drug-likeness (QED) is 0.139. The molecule has 0 aliphatic rings. The summed E-state index contributed by atoms with van der Waals surface area (Å²) in [6.07, 6.45) is 4.24. The van der Waals surface area contributed by atoms with Gasteiger partial charge in [-0.15, -0.1) is 0 Å². The van der Waals surface area contributed by atoms with Crippen molar-refractivity contribution in [1.29, 1.82) is 0 Å². The maximum Gasteiger partial charge on any atom is 0.272 e. The third kappa shape index (κ3) is 7.53. The zero-order valence-electron chi connectivity index (χ0n) is 20.9.